The van der Waals surface area contributed by atoms with Crippen molar-refractivity contribution in [2.75, 3.05) is 19.5 Å². The van der Waals surface area contributed by atoms with Gasteiger partial charge in [0.15, 0.2) is 11.5 Å². The summed E-state index contributed by atoms with van der Waals surface area (Å²) in [7, 11) is 3.32. The number of aromatic nitrogens is 1. The minimum Gasteiger partial charge on any atom is -0.493 e. The number of nitrogens with zero attached hydrogens (tertiary/aromatic N) is 2. The molecule has 0 bridgehead atoms. The lowest BCUT2D eigenvalue weighted by atomic mass is 10.1. The molecule has 0 spiro atoms. The number of ether oxygens (including phenoxy) is 2. The summed E-state index contributed by atoms with van der Waals surface area (Å²) in [6.07, 6.45) is 7.88. The molecule has 0 unspecified atom stereocenters. The fourth-order valence-corrected chi connectivity index (χ4v) is 3.99. The van der Waals surface area contributed by atoms with Crippen LogP contribution in [-0.4, -0.2) is 42.1 Å². The molecule has 0 aliphatic heterocycles. The van der Waals surface area contributed by atoms with Gasteiger partial charge in [-0.25, -0.2) is 5.43 Å². The number of anilines is 1. The van der Waals surface area contributed by atoms with Gasteiger partial charge < -0.3 is 14.8 Å². The van der Waals surface area contributed by atoms with Crippen LogP contribution in [0.15, 0.2) is 67.0 Å². The fourth-order valence-electron chi connectivity index (χ4n) is 3.99. The highest BCUT2D eigenvalue weighted by Crippen LogP contribution is 2.32. The predicted octanol–water partition coefficient (Wildman–Crippen LogP) is 4.44. The van der Waals surface area contributed by atoms with Gasteiger partial charge in [0, 0.05) is 42.8 Å². The van der Waals surface area contributed by atoms with E-state index in [2.05, 4.69) is 15.7 Å². The molecule has 0 radical (unpaired) electrons. The van der Waals surface area contributed by atoms with Gasteiger partial charge >= 0.3 is 0 Å². The zero-order chi connectivity index (χ0) is 24.6. The smallest absolute Gasteiger partial charge is 0.267 e. The van der Waals surface area contributed by atoms with Crippen LogP contribution < -0.4 is 20.2 Å². The average molecular weight is 475 g/mol. The highest BCUT2D eigenvalue weighted by molar-refractivity contribution is 6.04. The molecule has 3 aromatic rings. The number of carbonyl (C=O) groups excluding carboxylic acids is 2. The first-order chi connectivity index (χ1) is 17.0. The van der Waals surface area contributed by atoms with Gasteiger partial charge in [-0.05, 0) is 79.8 Å². The van der Waals surface area contributed by atoms with Gasteiger partial charge in [0.2, 0.25) is 0 Å². The molecule has 2 amide bonds. The Bertz CT molecular complexity index is 1150. The number of rotatable bonds is 9. The molecule has 35 heavy (non-hydrogen) atoms. The number of carbonyl (C=O) groups is 2. The molecule has 1 heterocycles. The van der Waals surface area contributed by atoms with Gasteiger partial charge in [0.05, 0.1) is 13.2 Å². The van der Waals surface area contributed by atoms with Crippen LogP contribution in [0.3, 0.4) is 0 Å². The first kappa shape index (κ1) is 24.2. The molecule has 8 nitrogen and oxygen atoms in total. The largest absolute Gasteiger partial charge is 0.493 e. The normalized spacial score (nSPS) is 13.3. The maximum atomic E-state index is 12.8. The van der Waals surface area contributed by atoms with Crippen LogP contribution in [0, 0.1) is 0 Å². The average Bonchev–Trinajstić information content (AvgIpc) is 3.41. The Morgan fingerprint density at radius 2 is 1.69 bits per heavy atom. The van der Waals surface area contributed by atoms with Crippen LogP contribution in [0.4, 0.5) is 5.69 Å². The van der Waals surface area contributed by atoms with Crippen LogP contribution in [0.2, 0.25) is 0 Å². The quantitative estimate of drug-likeness (QED) is 0.446. The van der Waals surface area contributed by atoms with Gasteiger partial charge in [0.1, 0.15) is 0 Å². The van der Waals surface area contributed by atoms with E-state index in [4.69, 9.17) is 9.47 Å². The zero-order valence-electron chi connectivity index (χ0n) is 20.0. The van der Waals surface area contributed by atoms with Gasteiger partial charge in [-0.2, -0.15) is 0 Å². The maximum absolute atomic E-state index is 12.8. The molecule has 1 fully saturated rings. The van der Waals surface area contributed by atoms with E-state index in [1.54, 1.807) is 62.9 Å². The summed E-state index contributed by atoms with van der Waals surface area (Å²) in [5.74, 6) is 1.02. The summed E-state index contributed by atoms with van der Waals surface area (Å²) in [4.78, 5) is 29.0. The summed E-state index contributed by atoms with van der Waals surface area (Å²) < 4.78 is 11.6. The Kier molecular flexibility index (Phi) is 7.95. The third-order valence-electron chi connectivity index (χ3n) is 5.98. The number of benzene rings is 2. The van der Waals surface area contributed by atoms with Crippen molar-refractivity contribution in [2.45, 2.75) is 38.3 Å². The van der Waals surface area contributed by atoms with Gasteiger partial charge in [-0.3, -0.25) is 19.6 Å². The van der Waals surface area contributed by atoms with E-state index in [0.717, 1.165) is 24.2 Å². The molecule has 1 aromatic heterocycles. The minimum atomic E-state index is -0.235. The van der Waals surface area contributed by atoms with Crippen molar-refractivity contribution >= 4 is 17.5 Å². The highest BCUT2D eigenvalue weighted by Gasteiger charge is 2.19. The monoisotopic (exact) mass is 474 g/mol. The Morgan fingerprint density at radius 1 is 0.971 bits per heavy atom. The Labute approximate surface area is 205 Å². The van der Waals surface area contributed by atoms with E-state index in [1.165, 1.54) is 17.9 Å². The summed E-state index contributed by atoms with van der Waals surface area (Å²) in [5, 5.41) is 4.26. The second-order valence-corrected chi connectivity index (χ2v) is 8.48. The standard InChI is InChI=1S/C27H30N4O4/c1-31(29-18-19-7-12-24(34-2)25(17-19)35-23-5-3-4-6-23)27(33)21-8-10-22(11-9-21)30-26(32)20-13-15-28-16-14-20/h7-17,23,29H,3-6,18H2,1-2H3,(H,30,32). The van der Waals surface area contributed by atoms with Crippen LogP contribution in [0.25, 0.3) is 0 Å². The second-order valence-electron chi connectivity index (χ2n) is 8.48. The number of pyridine rings is 1. The molecule has 2 aromatic carbocycles. The lowest BCUT2D eigenvalue weighted by Gasteiger charge is -2.20. The molecule has 1 aliphatic carbocycles. The first-order valence-electron chi connectivity index (χ1n) is 11.7. The lowest BCUT2D eigenvalue weighted by molar-refractivity contribution is 0.0712. The van der Waals surface area contributed by atoms with Gasteiger partial charge in [-0.1, -0.05) is 6.07 Å². The van der Waals surface area contributed by atoms with E-state index in [-0.39, 0.29) is 17.9 Å². The number of hydrogen-bond donors (Lipinski definition) is 2. The van der Waals surface area contributed by atoms with Crippen molar-refractivity contribution in [2.24, 2.45) is 0 Å². The maximum Gasteiger partial charge on any atom is 0.267 e. The Morgan fingerprint density at radius 3 is 2.37 bits per heavy atom. The molecule has 0 saturated heterocycles. The number of hydrogen-bond acceptors (Lipinski definition) is 6. The predicted molar refractivity (Wildman–Crippen MR) is 133 cm³/mol. The third-order valence-corrected chi connectivity index (χ3v) is 5.98. The molecule has 182 valence electrons. The van der Waals surface area contributed by atoms with E-state index in [0.29, 0.717) is 29.1 Å². The third kappa shape index (κ3) is 6.36. The summed E-state index contributed by atoms with van der Waals surface area (Å²) in [6.45, 7) is 0.452. The molecule has 4 rings (SSSR count). The topological polar surface area (TPSA) is 92.8 Å². The van der Waals surface area contributed by atoms with Crippen molar-refractivity contribution in [1.29, 1.82) is 0 Å². The second kappa shape index (κ2) is 11.5. The van der Waals surface area contributed by atoms with Gasteiger partial charge in [0.25, 0.3) is 11.8 Å². The van der Waals surface area contributed by atoms with E-state index in [9.17, 15) is 9.59 Å². The highest BCUT2D eigenvalue weighted by atomic mass is 16.5. The fraction of sp³-hybridized carbons (Fsp3) is 0.296. The molecular formula is C27H30N4O4. The number of amides is 2. The number of nitrogens with one attached hydrogen (secondary N) is 2. The summed E-state index contributed by atoms with van der Waals surface area (Å²) >= 11 is 0. The van der Waals surface area contributed by atoms with Gasteiger partial charge in [-0.15, -0.1) is 0 Å². The Hall–Kier alpha value is -3.91. The molecular weight excluding hydrogens is 444 g/mol. The minimum absolute atomic E-state index is 0.187. The summed E-state index contributed by atoms with van der Waals surface area (Å²) in [5.41, 5.74) is 5.73. The number of methoxy groups -OCH3 is 1. The molecule has 1 aliphatic rings. The zero-order valence-corrected chi connectivity index (χ0v) is 20.0. The summed E-state index contributed by atoms with van der Waals surface area (Å²) in [6, 6.07) is 15.9. The lowest BCUT2D eigenvalue weighted by Crippen LogP contribution is -2.39. The van der Waals surface area contributed by atoms with Crippen LogP contribution in [-0.2, 0) is 6.54 Å². The van der Waals surface area contributed by atoms with Crippen molar-refractivity contribution < 1.29 is 19.1 Å². The Balaban J connectivity index is 1.33. The van der Waals surface area contributed by atoms with Crippen molar-refractivity contribution in [3.8, 4) is 11.5 Å². The van der Waals surface area contributed by atoms with E-state index >= 15 is 0 Å². The molecule has 8 heteroatoms. The molecule has 0 atom stereocenters. The van der Waals surface area contributed by atoms with Crippen molar-refractivity contribution in [3.05, 3.63) is 83.7 Å². The SMILES string of the molecule is COc1ccc(CNN(C)C(=O)c2ccc(NC(=O)c3ccncc3)cc2)cc1OC1CCCC1. The van der Waals surface area contributed by atoms with E-state index in [1.807, 2.05) is 18.2 Å². The van der Waals surface area contributed by atoms with E-state index < -0.39 is 0 Å². The van der Waals surface area contributed by atoms with Crippen molar-refractivity contribution in [3.63, 3.8) is 0 Å². The van der Waals surface area contributed by atoms with Crippen LogP contribution >= 0.6 is 0 Å². The molecule has 2 N–H and O–H groups in total. The van der Waals surface area contributed by atoms with Crippen LogP contribution in [0.1, 0.15) is 52.0 Å². The number of hydrazine groups is 1. The van der Waals surface area contributed by atoms with Crippen LogP contribution in [0.5, 0.6) is 11.5 Å². The van der Waals surface area contributed by atoms with Crippen molar-refractivity contribution in [1.82, 2.24) is 15.4 Å². The molecule has 1 saturated carbocycles. The first-order valence-corrected chi connectivity index (χ1v) is 11.7.